The minimum atomic E-state index is 0.110. The molecule has 2 rings (SSSR count). The van der Waals surface area contributed by atoms with Crippen molar-refractivity contribution < 1.29 is 9.47 Å². The van der Waals surface area contributed by atoms with Crippen LogP contribution < -0.4 is 15.2 Å². The van der Waals surface area contributed by atoms with E-state index in [0.717, 1.165) is 33.5 Å². The average molecular weight is 350 g/mol. The molecule has 2 aromatic carbocycles. The number of benzene rings is 2. The summed E-state index contributed by atoms with van der Waals surface area (Å²) in [6.07, 6.45) is 0.801. The van der Waals surface area contributed by atoms with E-state index in [1.807, 2.05) is 43.3 Å². The van der Waals surface area contributed by atoms with Crippen LogP contribution in [0.15, 0.2) is 46.9 Å². The van der Waals surface area contributed by atoms with Crippen molar-refractivity contribution in [1.29, 1.82) is 0 Å². The number of para-hydroxylation sites is 1. The van der Waals surface area contributed by atoms with Crippen LogP contribution in [-0.2, 0) is 13.0 Å². The summed E-state index contributed by atoms with van der Waals surface area (Å²) in [7, 11) is 1.66. The van der Waals surface area contributed by atoms with Gasteiger partial charge in [0, 0.05) is 16.1 Å². The van der Waals surface area contributed by atoms with Crippen molar-refractivity contribution in [2.45, 2.75) is 26.0 Å². The maximum atomic E-state index is 5.96. The third-order valence-electron chi connectivity index (χ3n) is 3.15. The standard InChI is InChI=1S/C17H20BrNO2/c1-12(19)9-13-5-3-4-6-17(13)21-11-14-10-15(20-2)7-8-16(14)18/h3-8,10,12H,9,11,19H2,1-2H3. The minimum Gasteiger partial charge on any atom is -0.497 e. The van der Waals surface area contributed by atoms with E-state index < -0.39 is 0 Å². The molecular formula is C17H20BrNO2. The summed E-state index contributed by atoms with van der Waals surface area (Å²) >= 11 is 3.54. The zero-order chi connectivity index (χ0) is 15.2. The van der Waals surface area contributed by atoms with Gasteiger partial charge in [0.05, 0.1) is 7.11 Å². The third-order valence-corrected chi connectivity index (χ3v) is 3.92. The van der Waals surface area contributed by atoms with Gasteiger partial charge in [0.1, 0.15) is 18.1 Å². The van der Waals surface area contributed by atoms with Crippen LogP contribution in [0.3, 0.4) is 0 Å². The van der Waals surface area contributed by atoms with Crippen LogP contribution in [0.1, 0.15) is 18.1 Å². The molecule has 0 aliphatic heterocycles. The van der Waals surface area contributed by atoms with Crippen LogP contribution in [0.2, 0.25) is 0 Å². The predicted octanol–water partition coefficient (Wildman–Crippen LogP) is 3.93. The Bertz CT molecular complexity index is 599. The first-order valence-electron chi connectivity index (χ1n) is 6.89. The lowest BCUT2D eigenvalue weighted by Gasteiger charge is -2.14. The molecule has 0 radical (unpaired) electrons. The number of ether oxygens (including phenoxy) is 2. The zero-order valence-corrected chi connectivity index (χ0v) is 13.9. The lowest BCUT2D eigenvalue weighted by atomic mass is 10.1. The van der Waals surface area contributed by atoms with E-state index in [4.69, 9.17) is 15.2 Å². The molecule has 0 fully saturated rings. The van der Waals surface area contributed by atoms with Gasteiger partial charge in [-0.3, -0.25) is 0 Å². The van der Waals surface area contributed by atoms with Crippen LogP contribution in [-0.4, -0.2) is 13.2 Å². The van der Waals surface area contributed by atoms with Gasteiger partial charge in [0.2, 0.25) is 0 Å². The van der Waals surface area contributed by atoms with Crippen molar-refractivity contribution >= 4 is 15.9 Å². The summed E-state index contributed by atoms with van der Waals surface area (Å²) in [5.74, 6) is 1.70. The number of nitrogens with two attached hydrogens (primary N) is 1. The van der Waals surface area contributed by atoms with Crippen LogP contribution in [0.5, 0.6) is 11.5 Å². The van der Waals surface area contributed by atoms with Crippen LogP contribution >= 0.6 is 15.9 Å². The van der Waals surface area contributed by atoms with Crippen molar-refractivity contribution in [3.05, 3.63) is 58.1 Å². The van der Waals surface area contributed by atoms with E-state index in [9.17, 15) is 0 Å². The van der Waals surface area contributed by atoms with Crippen LogP contribution in [0.4, 0.5) is 0 Å². The number of methoxy groups -OCH3 is 1. The molecule has 21 heavy (non-hydrogen) atoms. The molecule has 0 saturated heterocycles. The Morgan fingerprint density at radius 3 is 2.62 bits per heavy atom. The van der Waals surface area contributed by atoms with Crippen molar-refractivity contribution in [1.82, 2.24) is 0 Å². The Kier molecular flexibility index (Phi) is 5.65. The fraction of sp³-hybridized carbons (Fsp3) is 0.294. The molecule has 3 nitrogen and oxygen atoms in total. The van der Waals surface area contributed by atoms with Gasteiger partial charge in [-0.2, -0.15) is 0 Å². The summed E-state index contributed by atoms with van der Waals surface area (Å²) in [5, 5.41) is 0. The van der Waals surface area contributed by atoms with E-state index in [1.54, 1.807) is 7.11 Å². The van der Waals surface area contributed by atoms with E-state index in [0.29, 0.717) is 6.61 Å². The Morgan fingerprint density at radius 1 is 1.14 bits per heavy atom. The van der Waals surface area contributed by atoms with Gasteiger partial charge in [-0.05, 0) is 43.2 Å². The maximum absolute atomic E-state index is 5.96. The normalized spacial score (nSPS) is 12.0. The summed E-state index contributed by atoms with van der Waals surface area (Å²) in [5.41, 5.74) is 8.06. The van der Waals surface area contributed by atoms with E-state index in [-0.39, 0.29) is 6.04 Å². The second-order valence-corrected chi connectivity index (χ2v) is 5.89. The average Bonchev–Trinajstić information content (AvgIpc) is 2.47. The van der Waals surface area contributed by atoms with Gasteiger partial charge < -0.3 is 15.2 Å². The number of hydrogen-bond donors (Lipinski definition) is 1. The molecule has 0 bridgehead atoms. The highest BCUT2D eigenvalue weighted by atomic mass is 79.9. The van der Waals surface area contributed by atoms with Gasteiger partial charge in [-0.1, -0.05) is 34.1 Å². The lowest BCUT2D eigenvalue weighted by molar-refractivity contribution is 0.300. The Balaban J connectivity index is 2.13. The molecule has 0 aliphatic rings. The molecule has 1 atom stereocenters. The van der Waals surface area contributed by atoms with Gasteiger partial charge in [-0.15, -0.1) is 0 Å². The van der Waals surface area contributed by atoms with Crippen molar-refractivity contribution in [2.75, 3.05) is 7.11 Å². The first-order valence-corrected chi connectivity index (χ1v) is 7.68. The van der Waals surface area contributed by atoms with Crippen molar-refractivity contribution in [2.24, 2.45) is 5.73 Å². The highest BCUT2D eigenvalue weighted by Gasteiger charge is 2.08. The van der Waals surface area contributed by atoms with Gasteiger partial charge >= 0.3 is 0 Å². The summed E-state index contributed by atoms with van der Waals surface area (Å²) in [4.78, 5) is 0. The number of halogens is 1. The Morgan fingerprint density at radius 2 is 1.90 bits per heavy atom. The van der Waals surface area contributed by atoms with E-state index in [2.05, 4.69) is 22.0 Å². The summed E-state index contributed by atoms with van der Waals surface area (Å²) in [6, 6.07) is 14.0. The molecule has 0 heterocycles. The molecular weight excluding hydrogens is 330 g/mol. The minimum absolute atomic E-state index is 0.110. The first kappa shape index (κ1) is 15.9. The molecule has 0 aromatic heterocycles. The number of rotatable bonds is 6. The molecule has 0 aliphatic carbocycles. The molecule has 1 unspecified atom stereocenters. The quantitative estimate of drug-likeness (QED) is 0.859. The highest BCUT2D eigenvalue weighted by Crippen LogP contribution is 2.25. The van der Waals surface area contributed by atoms with Gasteiger partial charge in [0.15, 0.2) is 0 Å². The van der Waals surface area contributed by atoms with Crippen molar-refractivity contribution in [3.63, 3.8) is 0 Å². The van der Waals surface area contributed by atoms with Crippen molar-refractivity contribution in [3.8, 4) is 11.5 Å². The molecule has 2 N–H and O–H groups in total. The third kappa shape index (κ3) is 4.48. The van der Waals surface area contributed by atoms with Gasteiger partial charge in [0.25, 0.3) is 0 Å². The monoisotopic (exact) mass is 349 g/mol. The smallest absolute Gasteiger partial charge is 0.123 e. The van der Waals surface area contributed by atoms with Crippen LogP contribution in [0.25, 0.3) is 0 Å². The first-order chi connectivity index (χ1) is 10.1. The SMILES string of the molecule is COc1ccc(Br)c(COc2ccccc2CC(C)N)c1. The zero-order valence-electron chi connectivity index (χ0n) is 12.3. The molecule has 2 aromatic rings. The maximum Gasteiger partial charge on any atom is 0.123 e. The molecule has 0 saturated carbocycles. The largest absolute Gasteiger partial charge is 0.497 e. The molecule has 0 amide bonds. The fourth-order valence-corrected chi connectivity index (χ4v) is 2.47. The van der Waals surface area contributed by atoms with E-state index in [1.165, 1.54) is 0 Å². The van der Waals surface area contributed by atoms with Gasteiger partial charge in [-0.25, -0.2) is 0 Å². The highest BCUT2D eigenvalue weighted by molar-refractivity contribution is 9.10. The molecule has 0 spiro atoms. The lowest BCUT2D eigenvalue weighted by Crippen LogP contribution is -2.18. The predicted molar refractivity (Wildman–Crippen MR) is 88.8 cm³/mol. The van der Waals surface area contributed by atoms with E-state index >= 15 is 0 Å². The topological polar surface area (TPSA) is 44.5 Å². The fourth-order valence-electron chi connectivity index (χ4n) is 2.10. The number of hydrogen-bond acceptors (Lipinski definition) is 3. The Hall–Kier alpha value is -1.52. The Labute approximate surface area is 134 Å². The summed E-state index contributed by atoms with van der Waals surface area (Å²) < 4.78 is 12.2. The molecule has 112 valence electrons. The summed E-state index contributed by atoms with van der Waals surface area (Å²) in [6.45, 7) is 2.48. The van der Waals surface area contributed by atoms with Crippen LogP contribution in [0, 0.1) is 0 Å². The second kappa shape index (κ2) is 7.48. The second-order valence-electron chi connectivity index (χ2n) is 5.04. The molecule has 4 heteroatoms.